The van der Waals surface area contributed by atoms with Crippen molar-refractivity contribution in [3.63, 3.8) is 0 Å². The van der Waals surface area contributed by atoms with Gasteiger partial charge in [0, 0.05) is 19.1 Å². The topological polar surface area (TPSA) is 15.3 Å². The summed E-state index contributed by atoms with van der Waals surface area (Å²) < 4.78 is 0. The van der Waals surface area contributed by atoms with E-state index in [1.165, 1.54) is 37.9 Å². The van der Waals surface area contributed by atoms with E-state index in [0.29, 0.717) is 6.04 Å². The molecule has 1 fully saturated rings. The van der Waals surface area contributed by atoms with Crippen molar-refractivity contribution >= 4 is 13.3 Å². The molecule has 2 rings (SSSR count). The summed E-state index contributed by atoms with van der Waals surface area (Å²) in [5.74, 6) is 0. The second-order valence-corrected chi connectivity index (χ2v) is 12.6. The molecule has 0 aliphatic carbocycles. The van der Waals surface area contributed by atoms with Crippen molar-refractivity contribution in [1.82, 2.24) is 10.2 Å². The number of rotatable bonds is 6. The van der Waals surface area contributed by atoms with E-state index in [9.17, 15) is 0 Å². The summed E-state index contributed by atoms with van der Waals surface area (Å²) in [6, 6.07) is 9.92. The maximum atomic E-state index is 3.63. The molecule has 0 amide bonds. The molecular weight excluding hydrogens is 272 g/mol. The van der Waals surface area contributed by atoms with Crippen molar-refractivity contribution in [2.24, 2.45) is 0 Å². The Bertz CT molecular complexity index is 416. The second kappa shape index (κ2) is 7.57. The number of benzene rings is 1. The van der Waals surface area contributed by atoms with Crippen LogP contribution in [0.1, 0.15) is 31.7 Å². The van der Waals surface area contributed by atoms with E-state index in [-0.39, 0.29) is 0 Å². The zero-order chi connectivity index (χ0) is 15.3. The maximum absolute atomic E-state index is 3.63. The molecule has 0 radical (unpaired) electrons. The van der Waals surface area contributed by atoms with Crippen molar-refractivity contribution in [1.29, 1.82) is 0 Å². The molecule has 3 heteroatoms. The standard InChI is InChI=1S/C18H32N2Si/c1-16(20-12-6-5-7-13-20)14-19-15-17-8-10-18(11-9-17)21(2,3)4/h8-11,16,19H,5-7,12-15H2,1-4H3. The van der Waals surface area contributed by atoms with Gasteiger partial charge in [-0.05, 0) is 38.4 Å². The molecule has 2 nitrogen and oxygen atoms in total. The highest BCUT2D eigenvalue weighted by Crippen LogP contribution is 2.11. The van der Waals surface area contributed by atoms with Crippen LogP contribution >= 0.6 is 0 Å². The van der Waals surface area contributed by atoms with Gasteiger partial charge in [-0.15, -0.1) is 0 Å². The first kappa shape index (κ1) is 16.7. The monoisotopic (exact) mass is 304 g/mol. The average molecular weight is 305 g/mol. The smallest absolute Gasteiger partial charge is 0.0775 e. The molecule has 0 aromatic heterocycles. The fourth-order valence-electron chi connectivity index (χ4n) is 3.04. The quantitative estimate of drug-likeness (QED) is 0.812. The van der Waals surface area contributed by atoms with Crippen LogP contribution < -0.4 is 10.5 Å². The van der Waals surface area contributed by atoms with E-state index in [2.05, 4.69) is 61.0 Å². The van der Waals surface area contributed by atoms with Gasteiger partial charge in [-0.3, -0.25) is 4.90 Å². The van der Waals surface area contributed by atoms with Crippen molar-refractivity contribution in [3.05, 3.63) is 29.8 Å². The fraction of sp³-hybridized carbons (Fsp3) is 0.667. The van der Waals surface area contributed by atoms with Crippen LogP contribution in [0.4, 0.5) is 0 Å². The summed E-state index contributed by atoms with van der Waals surface area (Å²) in [5.41, 5.74) is 1.41. The van der Waals surface area contributed by atoms with Crippen LogP contribution in [0.25, 0.3) is 0 Å². The van der Waals surface area contributed by atoms with Gasteiger partial charge in [0.1, 0.15) is 0 Å². The SMILES string of the molecule is CC(CNCc1ccc([Si](C)(C)C)cc1)N1CCCCC1. The molecule has 1 N–H and O–H groups in total. The lowest BCUT2D eigenvalue weighted by molar-refractivity contribution is 0.170. The van der Waals surface area contributed by atoms with Crippen LogP contribution in [-0.2, 0) is 6.54 Å². The Hall–Kier alpha value is -0.643. The van der Waals surface area contributed by atoms with Gasteiger partial charge in [0.15, 0.2) is 0 Å². The van der Waals surface area contributed by atoms with Crippen LogP contribution in [0, 0.1) is 0 Å². The first-order chi connectivity index (χ1) is 9.97. The van der Waals surface area contributed by atoms with Crippen molar-refractivity contribution in [2.45, 2.75) is 58.4 Å². The molecule has 0 saturated carbocycles. The number of piperidine rings is 1. The molecule has 1 aliphatic rings. The average Bonchev–Trinajstić information content (AvgIpc) is 2.47. The lowest BCUT2D eigenvalue weighted by atomic mass is 10.1. The van der Waals surface area contributed by atoms with Gasteiger partial charge in [0.2, 0.25) is 0 Å². The summed E-state index contributed by atoms with van der Waals surface area (Å²) in [6.07, 6.45) is 4.17. The van der Waals surface area contributed by atoms with Crippen molar-refractivity contribution < 1.29 is 0 Å². The normalized spacial score (nSPS) is 18.7. The Kier molecular flexibility index (Phi) is 6.03. The van der Waals surface area contributed by atoms with E-state index in [1.54, 1.807) is 5.19 Å². The molecular formula is C18H32N2Si. The Morgan fingerprint density at radius 2 is 1.67 bits per heavy atom. The largest absolute Gasteiger partial charge is 0.311 e. The van der Waals surface area contributed by atoms with E-state index in [4.69, 9.17) is 0 Å². The lowest BCUT2D eigenvalue weighted by Crippen LogP contribution is -2.43. The zero-order valence-corrected chi connectivity index (χ0v) is 15.3. The lowest BCUT2D eigenvalue weighted by Gasteiger charge is -2.32. The van der Waals surface area contributed by atoms with Crippen LogP contribution in [0.3, 0.4) is 0 Å². The number of likely N-dealkylation sites (tertiary alicyclic amines) is 1. The van der Waals surface area contributed by atoms with Gasteiger partial charge in [0.05, 0.1) is 8.07 Å². The molecule has 1 heterocycles. The minimum absolute atomic E-state index is 0.659. The predicted molar refractivity (Wildman–Crippen MR) is 96.0 cm³/mol. The molecule has 1 aromatic rings. The minimum atomic E-state index is -1.16. The Morgan fingerprint density at radius 3 is 2.24 bits per heavy atom. The second-order valence-electron chi connectivity index (χ2n) is 7.52. The van der Waals surface area contributed by atoms with Crippen LogP contribution in [0.5, 0.6) is 0 Å². The third-order valence-electron chi connectivity index (χ3n) is 4.60. The number of nitrogens with one attached hydrogen (secondary N) is 1. The summed E-state index contributed by atoms with van der Waals surface area (Å²) in [7, 11) is -1.16. The van der Waals surface area contributed by atoms with Crippen LogP contribution in [0.15, 0.2) is 24.3 Å². The first-order valence-electron chi connectivity index (χ1n) is 8.51. The van der Waals surface area contributed by atoms with E-state index < -0.39 is 8.07 Å². The summed E-state index contributed by atoms with van der Waals surface area (Å²) in [4.78, 5) is 2.63. The highest BCUT2D eigenvalue weighted by Gasteiger charge is 2.17. The van der Waals surface area contributed by atoms with Crippen LogP contribution in [0.2, 0.25) is 19.6 Å². The van der Waals surface area contributed by atoms with Gasteiger partial charge in [-0.25, -0.2) is 0 Å². The highest BCUT2D eigenvalue weighted by molar-refractivity contribution is 6.88. The van der Waals surface area contributed by atoms with Gasteiger partial charge in [0.25, 0.3) is 0 Å². The summed E-state index contributed by atoms with van der Waals surface area (Å²) in [5, 5.41) is 5.18. The highest BCUT2D eigenvalue weighted by atomic mass is 28.3. The minimum Gasteiger partial charge on any atom is -0.311 e. The van der Waals surface area contributed by atoms with Gasteiger partial charge in [-0.1, -0.05) is 55.5 Å². The van der Waals surface area contributed by atoms with E-state index >= 15 is 0 Å². The molecule has 1 saturated heterocycles. The van der Waals surface area contributed by atoms with E-state index in [1.807, 2.05) is 0 Å². The number of hydrogen-bond donors (Lipinski definition) is 1. The molecule has 1 aromatic carbocycles. The summed E-state index contributed by atoms with van der Waals surface area (Å²) >= 11 is 0. The Balaban J connectivity index is 1.75. The van der Waals surface area contributed by atoms with Gasteiger partial charge >= 0.3 is 0 Å². The third kappa shape index (κ3) is 5.24. The fourth-order valence-corrected chi connectivity index (χ4v) is 4.20. The number of hydrogen-bond acceptors (Lipinski definition) is 2. The molecule has 1 unspecified atom stereocenters. The molecule has 21 heavy (non-hydrogen) atoms. The molecule has 0 spiro atoms. The van der Waals surface area contributed by atoms with Crippen molar-refractivity contribution in [2.75, 3.05) is 19.6 Å². The zero-order valence-electron chi connectivity index (χ0n) is 14.3. The predicted octanol–water partition coefficient (Wildman–Crippen LogP) is 3.20. The Labute approximate surface area is 131 Å². The van der Waals surface area contributed by atoms with Crippen LogP contribution in [-0.4, -0.2) is 38.6 Å². The molecule has 0 bridgehead atoms. The molecule has 118 valence electrons. The summed E-state index contributed by atoms with van der Waals surface area (Å²) in [6.45, 7) is 14.2. The maximum Gasteiger partial charge on any atom is 0.0775 e. The first-order valence-corrected chi connectivity index (χ1v) is 12.0. The van der Waals surface area contributed by atoms with E-state index in [0.717, 1.165) is 13.1 Å². The molecule has 1 atom stereocenters. The number of nitrogens with zero attached hydrogens (tertiary/aromatic N) is 1. The van der Waals surface area contributed by atoms with Crippen molar-refractivity contribution in [3.8, 4) is 0 Å². The van der Waals surface area contributed by atoms with Gasteiger partial charge in [-0.2, -0.15) is 0 Å². The molecule has 1 aliphatic heterocycles. The Morgan fingerprint density at radius 1 is 1.05 bits per heavy atom. The third-order valence-corrected chi connectivity index (χ3v) is 6.67. The van der Waals surface area contributed by atoms with Gasteiger partial charge < -0.3 is 5.32 Å².